The van der Waals surface area contributed by atoms with E-state index in [1.807, 2.05) is 6.92 Å². The Balaban J connectivity index is 2.64. The molecule has 0 spiro atoms. The van der Waals surface area contributed by atoms with Gasteiger partial charge in [0.05, 0.1) is 12.6 Å². The van der Waals surface area contributed by atoms with E-state index < -0.39 is 6.61 Å². The van der Waals surface area contributed by atoms with Crippen molar-refractivity contribution in [2.45, 2.75) is 26.0 Å². The quantitative estimate of drug-likeness (QED) is 0.818. The monoisotopic (exact) mass is 259 g/mol. The number of hydrogen-bond donors (Lipinski definition) is 2. The van der Waals surface area contributed by atoms with Gasteiger partial charge in [0.2, 0.25) is 0 Å². The number of amides is 1. The predicted octanol–water partition coefficient (Wildman–Crippen LogP) is 1.79. The van der Waals surface area contributed by atoms with Gasteiger partial charge in [0, 0.05) is 5.56 Å². The van der Waals surface area contributed by atoms with Crippen LogP contribution < -0.4 is 10.1 Å². The number of ether oxygens (including phenoxy) is 1. The predicted molar refractivity (Wildman–Crippen MR) is 61.7 cm³/mol. The lowest BCUT2D eigenvalue weighted by molar-refractivity contribution is -0.0498. The van der Waals surface area contributed by atoms with Crippen LogP contribution in [-0.2, 0) is 0 Å². The average molecular weight is 259 g/mol. The van der Waals surface area contributed by atoms with Crippen LogP contribution in [0.1, 0.15) is 23.7 Å². The molecule has 0 bridgehead atoms. The minimum atomic E-state index is -2.89. The van der Waals surface area contributed by atoms with E-state index in [1.54, 1.807) is 0 Å². The molecule has 2 N–H and O–H groups in total. The molecule has 4 nitrogen and oxygen atoms in total. The standard InChI is InChI=1S/C12H15F2NO3/c1-2-9(7-16)15-11(17)8-3-5-10(6-4-8)18-12(13)14/h3-6,9,12,16H,2,7H2,1H3,(H,15,17)/t9-/m0/s1. The van der Waals surface area contributed by atoms with Crippen molar-refractivity contribution in [3.63, 3.8) is 0 Å². The van der Waals surface area contributed by atoms with Gasteiger partial charge in [-0.1, -0.05) is 6.92 Å². The maximum Gasteiger partial charge on any atom is 0.387 e. The summed E-state index contributed by atoms with van der Waals surface area (Å²) < 4.78 is 28.0. The number of carbonyl (C=O) groups is 1. The van der Waals surface area contributed by atoms with Crippen LogP contribution in [0.4, 0.5) is 8.78 Å². The minimum absolute atomic E-state index is 0.00394. The summed E-state index contributed by atoms with van der Waals surface area (Å²) in [6.45, 7) is -1.20. The first-order valence-corrected chi connectivity index (χ1v) is 5.53. The summed E-state index contributed by atoms with van der Waals surface area (Å²) >= 11 is 0. The fourth-order valence-corrected chi connectivity index (χ4v) is 1.33. The number of halogens is 2. The van der Waals surface area contributed by atoms with E-state index in [9.17, 15) is 13.6 Å². The SMILES string of the molecule is CC[C@@H](CO)NC(=O)c1ccc(OC(F)F)cc1. The zero-order chi connectivity index (χ0) is 13.5. The Morgan fingerprint density at radius 3 is 2.44 bits per heavy atom. The second-order valence-electron chi connectivity index (χ2n) is 3.66. The molecule has 0 radical (unpaired) electrons. The highest BCUT2D eigenvalue weighted by Gasteiger charge is 2.11. The Labute approximate surface area is 104 Å². The van der Waals surface area contributed by atoms with Crippen LogP contribution in [0.25, 0.3) is 0 Å². The maximum atomic E-state index is 11.9. The Kier molecular flexibility index (Phi) is 5.51. The van der Waals surface area contributed by atoms with Gasteiger partial charge in [-0.15, -0.1) is 0 Å². The van der Waals surface area contributed by atoms with Crippen LogP contribution in [0.2, 0.25) is 0 Å². The van der Waals surface area contributed by atoms with Crippen molar-refractivity contribution >= 4 is 5.91 Å². The lowest BCUT2D eigenvalue weighted by Gasteiger charge is -2.14. The summed E-state index contributed by atoms with van der Waals surface area (Å²) in [6.07, 6.45) is 0.606. The van der Waals surface area contributed by atoms with E-state index in [0.29, 0.717) is 12.0 Å². The van der Waals surface area contributed by atoms with E-state index in [0.717, 1.165) is 0 Å². The molecule has 1 aromatic carbocycles. The number of rotatable bonds is 6. The fourth-order valence-electron chi connectivity index (χ4n) is 1.33. The van der Waals surface area contributed by atoms with Gasteiger partial charge in [0.25, 0.3) is 5.91 Å². The lowest BCUT2D eigenvalue weighted by atomic mass is 10.1. The smallest absolute Gasteiger partial charge is 0.387 e. The fraction of sp³-hybridized carbons (Fsp3) is 0.417. The zero-order valence-electron chi connectivity index (χ0n) is 9.90. The molecule has 0 saturated heterocycles. The van der Waals surface area contributed by atoms with Crippen LogP contribution >= 0.6 is 0 Å². The first-order valence-electron chi connectivity index (χ1n) is 5.53. The molecule has 6 heteroatoms. The van der Waals surface area contributed by atoms with Crippen LogP contribution in [0.15, 0.2) is 24.3 Å². The third-order valence-electron chi connectivity index (χ3n) is 2.39. The first kappa shape index (κ1) is 14.4. The minimum Gasteiger partial charge on any atom is -0.435 e. The van der Waals surface area contributed by atoms with E-state index in [2.05, 4.69) is 10.1 Å². The summed E-state index contributed by atoms with van der Waals surface area (Å²) in [4.78, 5) is 11.7. The number of hydrogen-bond acceptors (Lipinski definition) is 3. The molecule has 18 heavy (non-hydrogen) atoms. The molecule has 0 aliphatic rings. The normalized spacial score (nSPS) is 12.3. The van der Waals surface area contributed by atoms with Crippen LogP contribution in [-0.4, -0.2) is 30.3 Å². The number of aliphatic hydroxyl groups excluding tert-OH is 1. The van der Waals surface area contributed by atoms with Gasteiger partial charge >= 0.3 is 6.61 Å². The summed E-state index contributed by atoms with van der Waals surface area (Å²) in [7, 11) is 0. The van der Waals surface area contributed by atoms with Gasteiger partial charge in [-0.25, -0.2) is 0 Å². The second kappa shape index (κ2) is 6.90. The van der Waals surface area contributed by atoms with Gasteiger partial charge < -0.3 is 15.2 Å². The third kappa shape index (κ3) is 4.29. The number of aliphatic hydroxyl groups is 1. The highest BCUT2D eigenvalue weighted by Crippen LogP contribution is 2.14. The lowest BCUT2D eigenvalue weighted by Crippen LogP contribution is -2.36. The van der Waals surface area contributed by atoms with Crippen LogP contribution in [0.5, 0.6) is 5.75 Å². The number of carbonyl (C=O) groups excluding carboxylic acids is 1. The highest BCUT2D eigenvalue weighted by atomic mass is 19.3. The van der Waals surface area contributed by atoms with E-state index in [1.165, 1.54) is 24.3 Å². The van der Waals surface area contributed by atoms with Crippen LogP contribution in [0, 0.1) is 0 Å². The molecular formula is C12H15F2NO3. The summed E-state index contributed by atoms with van der Waals surface area (Å²) in [5, 5.41) is 11.6. The van der Waals surface area contributed by atoms with Crippen molar-refractivity contribution in [2.24, 2.45) is 0 Å². The molecule has 100 valence electrons. The van der Waals surface area contributed by atoms with Crippen LogP contribution in [0.3, 0.4) is 0 Å². The van der Waals surface area contributed by atoms with E-state index >= 15 is 0 Å². The maximum absolute atomic E-state index is 11.9. The molecule has 1 amide bonds. The Morgan fingerprint density at radius 2 is 2.00 bits per heavy atom. The molecule has 0 aliphatic carbocycles. The molecule has 1 atom stereocenters. The molecule has 0 saturated carbocycles. The average Bonchev–Trinajstić information content (AvgIpc) is 2.35. The molecule has 0 fully saturated rings. The molecular weight excluding hydrogens is 244 g/mol. The van der Waals surface area contributed by atoms with Crippen molar-refractivity contribution in [1.82, 2.24) is 5.32 Å². The van der Waals surface area contributed by atoms with Crippen molar-refractivity contribution in [1.29, 1.82) is 0 Å². The molecule has 0 aliphatic heterocycles. The van der Waals surface area contributed by atoms with Crippen molar-refractivity contribution in [3.05, 3.63) is 29.8 Å². The van der Waals surface area contributed by atoms with Gasteiger partial charge in [-0.3, -0.25) is 4.79 Å². The van der Waals surface area contributed by atoms with Gasteiger partial charge in [0.15, 0.2) is 0 Å². The Bertz CT molecular complexity index is 377. The number of alkyl halides is 2. The summed E-state index contributed by atoms with van der Waals surface area (Å²) in [6, 6.07) is 5.05. The highest BCUT2D eigenvalue weighted by molar-refractivity contribution is 5.94. The first-order chi connectivity index (χ1) is 8.56. The molecule has 0 heterocycles. The van der Waals surface area contributed by atoms with Crippen molar-refractivity contribution < 1.29 is 23.4 Å². The molecule has 1 rings (SSSR count). The summed E-state index contributed by atoms with van der Waals surface area (Å²) in [5.41, 5.74) is 0.323. The second-order valence-corrected chi connectivity index (χ2v) is 3.66. The number of benzene rings is 1. The topological polar surface area (TPSA) is 58.6 Å². The third-order valence-corrected chi connectivity index (χ3v) is 2.39. The largest absolute Gasteiger partial charge is 0.435 e. The van der Waals surface area contributed by atoms with Crippen molar-refractivity contribution in [3.8, 4) is 5.75 Å². The molecule has 0 unspecified atom stereocenters. The Hall–Kier alpha value is -1.69. The Morgan fingerprint density at radius 1 is 1.39 bits per heavy atom. The van der Waals surface area contributed by atoms with E-state index in [-0.39, 0.29) is 24.3 Å². The molecule has 0 aromatic heterocycles. The van der Waals surface area contributed by atoms with Crippen molar-refractivity contribution in [2.75, 3.05) is 6.61 Å². The van der Waals surface area contributed by atoms with Gasteiger partial charge in [-0.05, 0) is 30.7 Å². The summed E-state index contributed by atoms with van der Waals surface area (Å²) in [5.74, 6) is -0.366. The molecule has 1 aromatic rings. The zero-order valence-corrected chi connectivity index (χ0v) is 9.90. The van der Waals surface area contributed by atoms with Gasteiger partial charge in [-0.2, -0.15) is 8.78 Å². The van der Waals surface area contributed by atoms with E-state index in [4.69, 9.17) is 5.11 Å². The number of nitrogens with one attached hydrogen (secondary N) is 1. The van der Waals surface area contributed by atoms with Gasteiger partial charge in [0.1, 0.15) is 5.75 Å².